The maximum Gasteiger partial charge on any atom is 0.337 e. The van der Waals surface area contributed by atoms with Crippen molar-refractivity contribution in [2.75, 3.05) is 39.9 Å². The third-order valence-corrected chi connectivity index (χ3v) is 6.61. The van der Waals surface area contributed by atoms with Crippen LogP contribution in [0.4, 0.5) is 0 Å². The second kappa shape index (κ2) is 13.1. The fourth-order valence-corrected chi connectivity index (χ4v) is 4.39. The van der Waals surface area contributed by atoms with E-state index < -0.39 is 23.7 Å². The number of likely N-dealkylation sites (N-methyl/N-ethyl adjacent to an activating group) is 1. The molecule has 0 aromatic heterocycles. The van der Waals surface area contributed by atoms with Crippen molar-refractivity contribution in [1.29, 1.82) is 0 Å². The Morgan fingerprint density at radius 2 is 1.73 bits per heavy atom. The molecule has 2 aromatic carbocycles. The number of carbonyl (C=O) groups excluding carboxylic acids is 3. The van der Waals surface area contributed by atoms with Gasteiger partial charge in [0.1, 0.15) is 11.5 Å². The van der Waals surface area contributed by atoms with Gasteiger partial charge in [-0.25, -0.2) is 4.79 Å². The van der Waals surface area contributed by atoms with E-state index in [9.17, 15) is 19.5 Å². The highest BCUT2D eigenvalue weighted by Crippen LogP contribution is 2.39. The Balaban J connectivity index is 2.06. The zero-order valence-electron chi connectivity index (χ0n) is 22.0. The monoisotopic (exact) mass is 508 g/mol. The van der Waals surface area contributed by atoms with Crippen molar-refractivity contribution in [1.82, 2.24) is 9.80 Å². The standard InChI is InChI=1S/C29H36N2O6/c1-5-8-18-37-23-11-9-10-22(19-23)26(32)24-25(20-12-14-21(15-13-20)29(35)36-4)31(28(34)27(24)33)17-16-30(6-2)7-3/h9-15,19,25,32H,5-8,16-18H2,1-4H3. The van der Waals surface area contributed by atoms with Crippen molar-refractivity contribution >= 4 is 23.4 Å². The topological polar surface area (TPSA) is 96.4 Å². The Morgan fingerprint density at radius 3 is 2.35 bits per heavy atom. The van der Waals surface area contributed by atoms with Crippen LogP contribution in [0.5, 0.6) is 5.75 Å². The Hall–Kier alpha value is -3.65. The third kappa shape index (κ3) is 6.38. The SMILES string of the molecule is CCCCOc1cccc(C(O)=C2C(=O)C(=O)N(CCN(CC)CC)C2c2ccc(C(=O)OC)cc2)c1. The minimum atomic E-state index is -0.799. The van der Waals surface area contributed by atoms with Crippen LogP contribution in [-0.2, 0) is 14.3 Å². The number of esters is 1. The van der Waals surface area contributed by atoms with Gasteiger partial charge in [0.05, 0.1) is 30.9 Å². The third-order valence-electron chi connectivity index (χ3n) is 6.61. The fraction of sp³-hybridized carbons (Fsp3) is 0.414. The molecule has 3 rings (SSSR count). The van der Waals surface area contributed by atoms with Gasteiger partial charge in [-0.3, -0.25) is 9.59 Å². The summed E-state index contributed by atoms with van der Waals surface area (Å²) in [5, 5.41) is 11.3. The van der Waals surface area contributed by atoms with E-state index in [1.165, 1.54) is 12.0 Å². The normalized spacial score (nSPS) is 16.9. The van der Waals surface area contributed by atoms with Crippen molar-refractivity contribution < 1.29 is 29.0 Å². The number of nitrogens with zero attached hydrogens (tertiary/aromatic N) is 2. The number of ether oxygens (including phenoxy) is 2. The number of aliphatic hydroxyl groups is 1. The van der Waals surface area contributed by atoms with Gasteiger partial charge in [-0.15, -0.1) is 0 Å². The van der Waals surface area contributed by atoms with Crippen LogP contribution in [0.15, 0.2) is 54.1 Å². The maximum absolute atomic E-state index is 13.3. The van der Waals surface area contributed by atoms with Crippen molar-refractivity contribution in [3.8, 4) is 5.75 Å². The largest absolute Gasteiger partial charge is 0.507 e. The first kappa shape index (κ1) is 27.9. The van der Waals surface area contributed by atoms with Crippen molar-refractivity contribution in [2.24, 2.45) is 0 Å². The van der Waals surface area contributed by atoms with Crippen LogP contribution >= 0.6 is 0 Å². The molecule has 0 radical (unpaired) electrons. The number of hydrogen-bond donors (Lipinski definition) is 1. The predicted octanol–water partition coefficient (Wildman–Crippen LogP) is 4.42. The number of ketones is 1. The lowest BCUT2D eigenvalue weighted by atomic mass is 9.94. The maximum atomic E-state index is 13.3. The van der Waals surface area contributed by atoms with E-state index >= 15 is 0 Å². The van der Waals surface area contributed by atoms with Crippen LogP contribution in [0.2, 0.25) is 0 Å². The fourth-order valence-electron chi connectivity index (χ4n) is 4.39. The Labute approximate surface area is 218 Å². The van der Waals surface area contributed by atoms with Gasteiger partial charge in [-0.2, -0.15) is 0 Å². The summed E-state index contributed by atoms with van der Waals surface area (Å²) in [6.07, 6.45) is 1.89. The van der Waals surface area contributed by atoms with Gasteiger partial charge in [-0.05, 0) is 49.3 Å². The molecule has 198 valence electrons. The summed E-state index contributed by atoms with van der Waals surface area (Å²) in [6.45, 7) is 9.20. The molecule has 37 heavy (non-hydrogen) atoms. The molecule has 1 aliphatic heterocycles. The minimum absolute atomic E-state index is 0.0149. The highest BCUT2D eigenvalue weighted by molar-refractivity contribution is 6.46. The van der Waals surface area contributed by atoms with E-state index in [0.29, 0.717) is 42.1 Å². The molecular formula is C29H36N2O6. The van der Waals surface area contributed by atoms with Gasteiger partial charge < -0.3 is 24.4 Å². The molecule has 0 spiro atoms. The molecule has 8 nitrogen and oxygen atoms in total. The van der Waals surface area contributed by atoms with Gasteiger partial charge in [-0.1, -0.05) is 51.5 Å². The van der Waals surface area contributed by atoms with E-state index in [2.05, 4.69) is 11.8 Å². The highest BCUT2D eigenvalue weighted by Gasteiger charge is 2.46. The lowest BCUT2D eigenvalue weighted by Crippen LogP contribution is -2.38. The molecule has 0 saturated carbocycles. The zero-order chi connectivity index (χ0) is 26.9. The van der Waals surface area contributed by atoms with Crippen LogP contribution in [0.25, 0.3) is 5.76 Å². The number of amides is 1. The Kier molecular flexibility index (Phi) is 9.85. The second-order valence-electron chi connectivity index (χ2n) is 8.86. The molecular weight excluding hydrogens is 472 g/mol. The molecule has 1 aliphatic rings. The number of benzene rings is 2. The van der Waals surface area contributed by atoms with E-state index in [4.69, 9.17) is 9.47 Å². The number of aliphatic hydroxyl groups excluding tert-OH is 1. The minimum Gasteiger partial charge on any atom is -0.507 e. The first-order valence-electron chi connectivity index (χ1n) is 12.8. The number of likely N-dealkylation sites (tertiary alicyclic amines) is 1. The van der Waals surface area contributed by atoms with Crippen molar-refractivity contribution in [3.05, 3.63) is 70.8 Å². The average Bonchev–Trinajstić information content (AvgIpc) is 3.18. The quantitative estimate of drug-likeness (QED) is 0.149. The Morgan fingerprint density at radius 1 is 1.03 bits per heavy atom. The van der Waals surface area contributed by atoms with Crippen LogP contribution in [0, 0.1) is 0 Å². The number of methoxy groups -OCH3 is 1. The zero-order valence-corrected chi connectivity index (χ0v) is 22.0. The molecule has 8 heteroatoms. The molecule has 1 amide bonds. The number of rotatable bonds is 12. The first-order valence-corrected chi connectivity index (χ1v) is 12.8. The molecule has 0 bridgehead atoms. The second-order valence-corrected chi connectivity index (χ2v) is 8.86. The van der Waals surface area contributed by atoms with Crippen LogP contribution in [0.1, 0.15) is 61.1 Å². The smallest absolute Gasteiger partial charge is 0.337 e. The van der Waals surface area contributed by atoms with E-state index in [0.717, 1.165) is 25.9 Å². The van der Waals surface area contributed by atoms with Crippen molar-refractivity contribution in [2.45, 2.75) is 39.7 Å². The summed E-state index contributed by atoms with van der Waals surface area (Å²) >= 11 is 0. The van der Waals surface area contributed by atoms with Gasteiger partial charge in [0.2, 0.25) is 0 Å². The molecule has 2 aromatic rings. The van der Waals surface area contributed by atoms with E-state index in [1.807, 2.05) is 13.8 Å². The summed E-state index contributed by atoms with van der Waals surface area (Å²) in [4.78, 5) is 42.1. The van der Waals surface area contributed by atoms with Gasteiger partial charge in [0.15, 0.2) is 0 Å². The molecule has 1 unspecified atom stereocenters. The molecule has 1 saturated heterocycles. The van der Waals surface area contributed by atoms with Crippen LogP contribution in [0.3, 0.4) is 0 Å². The summed E-state index contributed by atoms with van der Waals surface area (Å²) in [5.41, 5.74) is 1.37. The predicted molar refractivity (Wildman–Crippen MR) is 141 cm³/mol. The Bertz CT molecular complexity index is 1140. The number of carbonyl (C=O) groups is 3. The number of hydrogen-bond acceptors (Lipinski definition) is 7. The number of Topliss-reactive ketones (excluding diaryl/α,β-unsaturated/α-hetero) is 1. The first-order chi connectivity index (χ1) is 17.9. The summed E-state index contributed by atoms with van der Waals surface area (Å²) in [7, 11) is 1.30. The van der Waals surface area contributed by atoms with E-state index in [1.54, 1.807) is 48.5 Å². The highest BCUT2D eigenvalue weighted by atomic mass is 16.5. The van der Waals surface area contributed by atoms with Gasteiger partial charge in [0.25, 0.3) is 11.7 Å². The molecule has 1 N–H and O–H groups in total. The van der Waals surface area contributed by atoms with Gasteiger partial charge in [0, 0.05) is 18.7 Å². The molecule has 1 heterocycles. The molecule has 1 fully saturated rings. The summed E-state index contributed by atoms with van der Waals surface area (Å²) in [6, 6.07) is 12.6. The average molecular weight is 509 g/mol. The molecule has 1 atom stereocenters. The van der Waals surface area contributed by atoms with Crippen LogP contribution in [-0.4, -0.2) is 72.5 Å². The lowest BCUT2D eigenvalue weighted by molar-refractivity contribution is -0.140. The number of unbranched alkanes of at least 4 members (excludes halogenated alkanes) is 1. The van der Waals surface area contributed by atoms with Gasteiger partial charge >= 0.3 is 5.97 Å². The van der Waals surface area contributed by atoms with Crippen molar-refractivity contribution in [3.63, 3.8) is 0 Å². The lowest BCUT2D eigenvalue weighted by Gasteiger charge is -2.28. The summed E-state index contributed by atoms with van der Waals surface area (Å²) < 4.78 is 10.6. The van der Waals surface area contributed by atoms with E-state index in [-0.39, 0.29) is 11.3 Å². The summed E-state index contributed by atoms with van der Waals surface area (Å²) in [5.74, 6) is -1.57. The van der Waals surface area contributed by atoms with Crippen LogP contribution < -0.4 is 4.74 Å². The molecule has 0 aliphatic carbocycles.